The fraction of sp³-hybridized carbons (Fsp3) is 0.250. The Labute approximate surface area is 178 Å². The molecule has 4 rings (SSSR count). The Hall–Kier alpha value is -2.83. The highest BCUT2D eigenvalue weighted by Crippen LogP contribution is 2.26. The molecule has 0 radical (unpaired) electrons. The van der Waals surface area contributed by atoms with Crippen molar-refractivity contribution in [3.8, 4) is 11.1 Å². The lowest BCUT2D eigenvalue weighted by Crippen LogP contribution is -2.22. The Bertz CT molecular complexity index is 1090. The Kier molecular flexibility index (Phi) is 5.79. The summed E-state index contributed by atoms with van der Waals surface area (Å²) in [5, 5.41) is 0. The van der Waals surface area contributed by atoms with Crippen LogP contribution >= 0.6 is 0 Å². The van der Waals surface area contributed by atoms with Crippen LogP contribution in [0.5, 0.6) is 0 Å². The minimum absolute atomic E-state index is 0.241. The van der Waals surface area contributed by atoms with Gasteiger partial charge < -0.3 is 9.64 Å². The van der Waals surface area contributed by atoms with Gasteiger partial charge in [-0.15, -0.1) is 0 Å². The van der Waals surface area contributed by atoms with Crippen LogP contribution < -0.4 is 9.62 Å². The zero-order valence-electron chi connectivity index (χ0n) is 17.2. The first-order valence-corrected chi connectivity index (χ1v) is 11.5. The molecular weight excluding hydrogens is 396 g/mol. The van der Waals surface area contributed by atoms with Crippen molar-refractivity contribution in [3.05, 3.63) is 78.4 Å². The van der Waals surface area contributed by atoms with Crippen LogP contribution in [0.4, 0.5) is 11.4 Å². The second-order valence-electron chi connectivity index (χ2n) is 7.64. The first-order valence-electron chi connectivity index (χ1n) is 10.0. The quantitative estimate of drug-likeness (QED) is 0.626. The zero-order valence-corrected chi connectivity index (χ0v) is 18.0. The van der Waals surface area contributed by atoms with Gasteiger partial charge in [0.05, 0.1) is 11.0 Å². The SMILES string of the molecule is COC1CCN(c2ccc(NS(=O)(=O)c3ccc(-c4ccc(C)cc4)cc3)cc2)C1. The lowest BCUT2D eigenvalue weighted by molar-refractivity contribution is 0.121. The summed E-state index contributed by atoms with van der Waals surface area (Å²) in [5.41, 5.74) is 4.85. The second kappa shape index (κ2) is 8.50. The van der Waals surface area contributed by atoms with Gasteiger partial charge in [0.25, 0.3) is 10.0 Å². The summed E-state index contributed by atoms with van der Waals surface area (Å²) >= 11 is 0. The number of hydrogen-bond donors (Lipinski definition) is 1. The summed E-state index contributed by atoms with van der Waals surface area (Å²) in [5.74, 6) is 0. The topological polar surface area (TPSA) is 58.6 Å². The van der Waals surface area contributed by atoms with Crippen LogP contribution in [-0.2, 0) is 14.8 Å². The van der Waals surface area contributed by atoms with E-state index < -0.39 is 10.0 Å². The number of methoxy groups -OCH3 is 1. The van der Waals surface area contributed by atoms with Crippen LogP contribution in [0.15, 0.2) is 77.7 Å². The summed E-state index contributed by atoms with van der Waals surface area (Å²) in [6.45, 7) is 3.84. The van der Waals surface area contributed by atoms with Gasteiger partial charge in [-0.2, -0.15) is 0 Å². The molecule has 156 valence electrons. The molecule has 1 fully saturated rings. The Morgan fingerprint density at radius 1 is 0.900 bits per heavy atom. The highest BCUT2D eigenvalue weighted by molar-refractivity contribution is 7.92. The normalized spacial score (nSPS) is 16.6. The third-order valence-corrected chi connectivity index (χ3v) is 6.91. The van der Waals surface area contributed by atoms with Crippen molar-refractivity contribution in [1.29, 1.82) is 0 Å². The van der Waals surface area contributed by atoms with Gasteiger partial charge >= 0.3 is 0 Å². The lowest BCUT2D eigenvalue weighted by Gasteiger charge is -2.19. The minimum Gasteiger partial charge on any atom is -0.380 e. The maximum atomic E-state index is 12.8. The van der Waals surface area contributed by atoms with Crippen molar-refractivity contribution in [2.45, 2.75) is 24.3 Å². The Morgan fingerprint density at radius 2 is 1.50 bits per heavy atom. The molecule has 5 nitrogen and oxygen atoms in total. The van der Waals surface area contributed by atoms with Gasteiger partial charge in [-0.1, -0.05) is 42.0 Å². The van der Waals surface area contributed by atoms with Crippen LogP contribution in [0.3, 0.4) is 0 Å². The number of sulfonamides is 1. The van der Waals surface area contributed by atoms with Crippen molar-refractivity contribution in [1.82, 2.24) is 0 Å². The zero-order chi connectivity index (χ0) is 21.1. The summed E-state index contributed by atoms with van der Waals surface area (Å²) in [6.07, 6.45) is 1.26. The summed E-state index contributed by atoms with van der Waals surface area (Å²) < 4.78 is 33.6. The molecule has 1 aliphatic rings. The molecule has 0 bridgehead atoms. The Balaban J connectivity index is 1.45. The molecule has 1 atom stereocenters. The van der Waals surface area contributed by atoms with Gasteiger partial charge in [-0.3, -0.25) is 4.72 Å². The smallest absolute Gasteiger partial charge is 0.261 e. The fourth-order valence-corrected chi connectivity index (χ4v) is 4.74. The molecule has 0 aliphatic carbocycles. The number of benzene rings is 3. The van der Waals surface area contributed by atoms with Crippen LogP contribution in [0, 0.1) is 6.92 Å². The maximum absolute atomic E-state index is 12.8. The average Bonchev–Trinajstić information content (AvgIpc) is 3.24. The summed E-state index contributed by atoms with van der Waals surface area (Å²) in [4.78, 5) is 2.49. The van der Waals surface area contributed by atoms with Crippen LogP contribution in [-0.4, -0.2) is 34.7 Å². The molecule has 1 unspecified atom stereocenters. The van der Waals surface area contributed by atoms with Crippen molar-refractivity contribution < 1.29 is 13.2 Å². The van der Waals surface area contributed by atoms with Crippen molar-refractivity contribution >= 4 is 21.4 Å². The molecule has 0 aromatic heterocycles. The Morgan fingerprint density at radius 3 is 2.07 bits per heavy atom. The highest BCUT2D eigenvalue weighted by Gasteiger charge is 2.22. The highest BCUT2D eigenvalue weighted by atomic mass is 32.2. The molecule has 3 aromatic rings. The van der Waals surface area contributed by atoms with E-state index in [4.69, 9.17) is 4.74 Å². The third-order valence-electron chi connectivity index (χ3n) is 5.51. The van der Waals surface area contributed by atoms with Gasteiger partial charge in [-0.25, -0.2) is 8.42 Å². The van der Waals surface area contributed by atoms with E-state index in [2.05, 4.69) is 9.62 Å². The number of rotatable bonds is 6. The van der Waals surface area contributed by atoms with Gasteiger partial charge in [0.2, 0.25) is 0 Å². The standard InChI is InChI=1S/C24H26N2O3S/c1-18-3-5-19(6-4-18)20-7-13-24(14-8-20)30(27,28)25-21-9-11-22(12-10-21)26-16-15-23(17-26)29-2/h3-14,23,25H,15-17H2,1-2H3. The molecule has 30 heavy (non-hydrogen) atoms. The van der Waals surface area contributed by atoms with E-state index in [1.54, 1.807) is 31.4 Å². The molecule has 3 aromatic carbocycles. The largest absolute Gasteiger partial charge is 0.380 e. The number of hydrogen-bond acceptors (Lipinski definition) is 4. The van der Waals surface area contributed by atoms with Gasteiger partial charge in [0.1, 0.15) is 0 Å². The molecule has 0 amide bonds. The minimum atomic E-state index is -3.65. The van der Waals surface area contributed by atoms with E-state index in [1.165, 1.54) is 5.56 Å². The van der Waals surface area contributed by atoms with Gasteiger partial charge in [0, 0.05) is 31.6 Å². The number of nitrogens with zero attached hydrogens (tertiary/aromatic N) is 1. The van der Waals surface area contributed by atoms with Crippen molar-refractivity contribution in [2.75, 3.05) is 29.8 Å². The number of anilines is 2. The molecular formula is C24H26N2O3S. The van der Waals surface area contributed by atoms with E-state index in [0.29, 0.717) is 5.69 Å². The van der Waals surface area contributed by atoms with Gasteiger partial charge in [0.15, 0.2) is 0 Å². The van der Waals surface area contributed by atoms with E-state index in [9.17, 15) is 8.42 Å². The fourth-order valence-electron chi connectivity index (χ4n) is 3.68. The number of aryl methyl sites for hydroxylation is 1. The molecule has 6 heteroatoms. The summed E-state index contributed by atoms with van der Waals surface area (Å²) in [7, 11) is -1.91. The predicted molar refractivity (Wildman–Crippen MR) is 121 cm³/mol. The molecule has 1 heterocycles. The van der Waals surface area contributed by atoms with E-state index >= 15 is 0 Å². The van der Waals surface area contributed by atoms with E-state index in [-0.39, 0.29) is 11.0 Å². The predicted octanol–water partition coefficient (Wildman–Crippen LogP) is 4.69. The molecule has 0 saturated carbocycles. The van der Waals surface area contributed by atoms with Crippen molar-refractivity contribution in [3.63, 3.8) is 0 Å². The van der Waals surface area contributed by atoms with Crippen LogP contribution in [0.1, 0.15) is 12.0 Å². The molecule has 1 aliphatic heterocycles. The van der Waals surface area contributed by atoms with Crippen LogP contribution in [0.25, 0.3) is 11.1 Å². The third kappa shape index (κ3) is 4.50. The second-order valence-corrected chi connectivity index (χ2v) is 9.32. The van der Waals surface area contributed by atoms with E-state index in [1.807, 2.05) is 55.5 Å². The molecule has 1 N–H and O–H groups in total. The van der Waals surface area contributed by atoms with Crippen molar-refractivity contribution in [2.24, 2.45) is 0 Å². The number of nitrogens with one attached hydrogen (secondary N) is 1. The first-order chi connectivity index (χ1) is 14.4. The summed E-state index contributed by atoms with van der Waals surface area (Å²) in [6, 6.07) is 22.6. The van der Waals surface area contributed by atoms with Crippen LogP contribution in [0.2, 0.25) is 0 Å². The average molecular weight is 423 g/mol. The lowest BCUT2D eigenvalue weighted by atomic mass is 10.0. The monoisotopic (exact) mass is 422 g/mol. The molecule has 0 spiro atoms. The maximum Gasteiger partial charge on any atom is 0.261 e. The van der Waals surface area contributed by atoms with E-state index in [0.717, 1.165) is 36.3 Å². The molecule has 1 saturated heterocycles. The number of ether oxygens (including phenoxy) is 1. The first kappa shape index (κ1) is 20.4. The van der Waals surface area contributed by atoms with Gasteiger partial charge in [-0.05, 0) is 60.9 Å².